The highest BCUT2D eigenvalue weighted by Gasteiger charge is 2.17. The van der Waals surface area contributed by atoms with Crippen molar-refractivity contribution in [2.75, 3.05) is 4.72 Å². The summed E-state index contributed by atoms with van der Waals surface area (Å²) in [6.07, 6.45) is 3.67. The largest absolute Gasteiger partial charge is 0.322 e. The highest BCUT2D eigenvalue weighted by molar-refractivity contribution is 7.92. The molecule has 1 aromatic heterocycles. The first-order chi connectivity index (χ1) is 11.0. The van der Waals surface area contributed by atoms with Gasteiger partial charge in [-0.3, -0.25) is 4.72 Å². The van der Waals surface area contributed by atoms with E-state index in [0.29, 0.717) is 11.4 Å². The van der Waals surface area contributed by atoms with Gasteiger partial charge in [-0.05, 0) is 42.5 Å². The van der Waals surface area contributed by atoms with Gasteiger partial charge in [0.15, 0.2) is 0 Å². The molecule has 0 spiro atoms. The predicted molar refractivity (Wildman–Crippen MR) is 93.0 cm³/mol. The van der Waals surface area contributed by atoms with Gasteiger partial charge in [-0.15, -0.1) is 0 Å². The molecule has 1 heterocycles. The summed E-state index contributed by atoms with van der Waals surface area (Å²) in [5.74, 6) is 0. The molecule has 118 valence electrons. The summed E-state index contributed by atoms with van der Waals surface area (Å²) in [7, 11) is -3.80. The number of rotatable bonds is 4. The number of halogens is 2. The number of nitrogens with zero attached hydrogens (tertiary/aromatic N) is 1. The van der Waals surface area contributed by atoms with Crippen molar-refractivity contribution in [2.24, 2.45) is 0 Å². The van der Waals surface area contributed by atoms with Crippen LogP contribution in [0.2, 0.25) is 10.0 Å². The molecule has 1 N–H and O–H groups in total. The third-order valence-electron chi connectivity index (χ3n) is 3.18. The molecule has 0 bridgehead atoms. The van der Waals surface area contributed by atoms with E-state index in [1.807, 2.05) is 41.2 Å². The van der Waals surface area contributed by atoms with Crippen molar-refractivity contribution in [3.05, 3.63) is 77.0 Å². The lowest BCUT2D eigenvalue weighted by atomic mass is 10.3. The average molecular weight is 367 g/mol. The van der Waals surface area contributed by atoms with Gasteiger partial charge in [0, 0.05) is 22.4 Å². The lowest BCUT2D eigenvalue weighted by molar-refractivity contribution is 0.601. The van der Waals surface area contributed by atoms with E-state index in [-0.39, 0.29) is 14.9 Å². The highest BCUT2D eigenvalue weighted by atomic mass is 35.5. The third-order valence-corrected chi connectivity index (χ3v) is 4.96. The van der Waals surface area contributed by atoms with Crippen LogP contribution < -0.4 is 4.72 Å². The maximum atomic E-state index is 12.6. The Morgan fingerprint density at radius 3 is 2.13 bits per heavy atom. The molecule has 0 saturated carbocycles. The standard InChI is InChI=1S/C16H12Cl2N2O2S/c17-12-9-13(18)11-14(10-12)23(21,22)19-15-5-1-2-6-16(15)20-7-3-4-8-20/h1-11,19H. The normalized spacial score (nSPS) is 11.4. The molecule has 0 aliphatic carbocycles. The molecule has 0 aliphatic heterocycles. The van der Waals surface area contributed by atoms with Crippen LogP contribution in [0.3, 0.4) is 0 Å². The van der Waals surface area contributed by atoms with Crippen LogP contribution in [0.15, 0.2) is 71.9 Å². The first-order valence-corrected chi connectivity index (χ1v) is 8.91. The molecule has 0 atom stereocenters. The molecule has 0 aliphatic rings. The third kappa shape index (κ3) is 3.52. The van der Waals surface area contributed by atoms with Crippen LogP contribution in [0.25, 0.3) is 5.69 Å². The highest BCUT2D eigenvalue weighted by Crippen LogP contribution is 2.26. The molecule has 0 amide bonds. The molecule has 0 radical (unpaired) electrons. The number of para-hydroxylation sites is 2. The number of anilines is 1. The fourth-order valence-electron chi connectivity index (χ4n) is 2.17. The van der Waals surface area contributed by atoms with Crippen LogP contribution in [-0.4, -0.2) is 13.0 Å². The second-order valence-corrected chi connectivity index (χ2v) is 7.37. The molecule has 7 heteroatoms. The minimum absolute atomic E-state index is 0.0114. The molecule has 4 nitrogen and oxygen atoms in total. The van der Waals surface area contributed by atoms with E-state index in [9.17, 15) is 8.42 Å². The zero-order valence-corrected chi connectivity index (χ0v) is 14.1. The second-order valence-electron chi connectivity index (χ2n) is 4.82. The maximum Gasteiger partial charge on any atom is 0.262 e. The van der Waals surface area contributed by atoms with Crippen LogP contribution in [0.1, 0.15) is 0 Å². The maximum absolute atomic E-state index is 12.6. The van der Waals surface area contributed by atoms with E-state index >= 15 is 0 Å². The molecule has 2 aromatic carbocycles. The molecule has 0 saturated heterocycles. The van der Waals surface area contributed by atoms with Crippen LogP contribution in [-0.2, 0) is 10.0 Å². The average Bonchev–Trinajstić information content (AvgIpc) is 3.00. The molecular formula is C16H12Cl2N2O2S. The Kier molecular flexibility index (Phi) is 4.35. The van der Waals surface area contributed by atoms with E-state index in [0.717, 1.165) is 0 Å². The fourth-order valence-corrected chi connectivity index (χ4v) is 3.97. The van der Waals surface area contributed by atoms with Crippen molar-refractivity contribution in [1.29, 1.82) is 0 Å². The van der Waals surface area contributed by atoms with Gasteiger partial charge in [0.25, 0.3) is 10.0 Å². The number of nitrogens with one attached hydrogen (secondary N) is 1. The minimum Gasteiger partial charge on any atom is -0.322 e. The molecule has 3 rings (SSSR count). The summed E-state index contributed by atoms with van der Waals surface area (Å²) in [6.45, 7) is 0. The van der Waals surface area contributed by atoms with Gasteiger partial charge in [-0.2, -0.15) is 0 Å². The lowest BCUT2D eigenvalue weighted by Crippen LogP contribution is -2.14. The van der Waals surface area contributed by atoms with E-state index in [4.69, 9.17) is 23.2 Å². The smallest absolute Gasteiger partial charge is 0.262 e. The quantitative estimate of drug-likeness (QED) is 0.734. The zero-order chi connectivity index (χ0) is 16.4. The fraction of sp³-hybridized carbons (Fsp3) is 0. The van der Waals surface area contributed by atoms with Crippen molar-refractivity contribution in [3.8, 4) is 5.69 Å². The summed E-state index contributed by atoms with van der Waals surface area (Å²) < 4.78 is 29.6. The molecule has 23 heavy (non-hydrogen) atoms. The van der Waals surface area contributed by atoms with Crippen molar-refractivity contribution in [1.82, 2.24) is 4.57 Å². The van der Waals surface area contributed by atoms with E-state index < -0.39 is 10.0 Å². The predicted octanol–water partition coefficient (Wildman–Crippen LogP) is 4.58. The number of benzene rings is 2. The van der Waals surface area contributed by atoms with Crippen molar-refractivity contribution in [3.63, 3.8) is 0 Å². The topological polar surface area (TPSA) is 51.1 Å². The Hall–Kier alpha value is -1.95. The molecular weight excluding hydrogens is 355 g/mol. The number of hydrogen-bond acceptors (Lipinski definition) is 2. The molecule has 0 unspecified atom stereocenters. The monoisotopic (exact) mass is 366 g/mol. The van der Waals surface area contributed by atoms with Crippen LogP contribution in [0.5, 0.6) is 0 Å². The zero-order valence-electron chi connectivity index (χ0n) is 11.8. The van der Waals surface area contributed by atoms with E-state index in [1.54, 1.807) is 12.1 Å². The number of aromatic nitrogens is 1. The van der Waals surface area contributed by atoms with Gasteiger partial charge < -0.3 is 4.57 Å². The van der Waals surface area contributed by atoms with Crippen LogP contribution in [0, 0.1) is 0 Å². The summed E-state index contributed by atoms with van der Waals surface area (Å²) in [5.41, 5.74) is 1.17. The van der Waals surface area contributed by atoms with Crippen molar-refractivity contribution >= 4 is 38.9 Å². The summed E-state index contributed by atoms with van der Waals surface area (Å²) in [4.78, 5) is 0.0114. The van der Waals surface area contributed by atoms with E-state index in [1.165, 1.54) is 18.2 Å². The lowest BCUT2D eigenvalue weighted by Gasteiger charge is -2.13. The summed E-state index contributed by atoms with van der Waals surface area (Å²) in [6, 6.07) is 15.0. The van der Waals surface area contributed by atoms with Gasteiger partial charge in [-0.1, -0.05) is 35.3 Å². The Morgan fingerprint density at radius 2 is 1.48 bits per heavy atom. The Balaban J connectivity index is 2.02. The Bertz CT molecular complexity index is 918. The van der Waals surface area contributed by atoms with Crippen molar-refractivity contribution < 1.29 is 8.42 Å². The first kappa shape index (κ1) is 15.9. The van der Waals surface area contributed by atoms with Gasteiger partial charge in [0.2, 0.25) is 0 Å². The van der Waals surface area contributed by atoms with Gasteiger partial charge >= 0.3 is 0 Å². The van der Waals surface area contributed by atoms with E-state index in [2.05, 4.69) is 4.72 Å². The van der Waals surface area contributed by atoms with Gasteiger partial charge in [0.1, 0.15) is 0 Å². The van der Waals surface area contributed by atoms with Crippen molar-refractivity contribution in [2.45, 2.75) is 4.90 Å². The SMILES string of the molecule is O=S(=O)(Nc1ccccc1-n1cccc1)c1cc(Cl)cc(Cl)c1. The van der Waals surface area contributed by atoms with Gasteiger partial charge in [0.05, 0.1) is 16.3 Å². The Morgan fingerprint density at radius 1 is 0.870 bits per heavy atom. The second kappa shape index (κ2) is 6.28. The Labute approximate surface area is 144 Å². The summed E-state index contributed by atoms with van der Waals surface area (Å²) in [5, 5.41) is 0.521. The number of sulfonamides is 1. The molecule has 3 aromatic rings. The van der Waals surface area contributed by atoms with Gasteiger partial charge in [-0.25, -0.2) is 8.42 Å². The van der Waals surface area contributed by atoms with Crippen LogP contribution >= 0.6 is 23.2 Å². The molecule has 0 fully saturated rings. The summed E-state index contributed by atoms with van der Waals surface area (Å²) >= 11 is 11.8. The van der Waals surface area contributed by atoms with Crippen LogP contribution in [0.4, 0.5) is 5.69 Å². The number of hydrogen-bond donors (Lipinski definition) is 1. The first-order valence-electron chi connectivity index (χ1n) is 6.67. The minimum atomic E-state index is -3.80.